The molecule has 0 aromatic heterocycles. The number of oxime groups is 1. The number of hydrogen-bond donors (Lipinski definition) is 0. The van der Waals surface area contributed by atoms with Crippen LogP contribution in [0.5, 0.6) is 0 Å². The zero-order valence-corrected chi connectivity index (χ0v) is 14.7. The molecule has 0 spiro atoms. The largest absolute Gasteiger partial charge is 0.387 e. The van der Waals surface area contributed by atoms with Crippen molar-refractivity contribution in [2.75, 3.05) is 25.2 Å². The summed E-state index contributed by atoms with van der Waals surface area (Å²) in [5.74, 6) is 0.934. The molecule has 128 valence electrons. The van der Waals surface area contributed by atoms with Gasteiger partial charge < -0.3 is 14.6 Å². The van der Waals surface area contributed by atoms with E-state index in [0.29, 0.717) is 30.3 Å². The first-order valence-electron chi connectivity index (χ1n) is 8.03. The molecule has 2 unspecified atom stereocenters. The first-order chi connectivity index (χ1) is 11.6. The van der Waals surface area contributed by atoms with Crippen LogP contribution in [-0.4, -0.2) is 58.6 Å². The summed E-state index contributed by atoms with van der Waals surface area (Å²) in [6, 6.07) is 9.32. The number of amides is 2. The van der Waals surface area contributed by atoms with Crippen LogP contribution >= 0.6 is 11.8 Å². The average molecular weight is 347 g/mol. The van der Waals surface area contributed by atoms with Gasteiger partial charge in [-0.3, -0.25) is 9.59 Å². The topological polar surface area (TPSA) is 62.2 Å². The van der Waals surface area contributed by atoms with Gasteiger partial charge in [0.15, 0.2) is 6.10 Å². The van der Waals surface area contributed by atoms with Crippen molar-refractivity contribution < 1.29 is 14.4 Å². The van der Waals surface area contributed by atoms with Gasteiger partial charge in [0.2, 0.25) is 5.91 Å². The molecule has 1 aromatic rings. The Balaban J connectivity index is 1.67. The Bertz CT molecular complexity index is 650. The summed E-state index contributed by atoms with van der Waals surface area (Å²) in [7, 11) is 1.76. The SMILES string of the molecule is CCN(C)C(=O)C1CSCN1C(=O)C1=NOC(c2ccccc2)C1. The molecule has 0 bridgehead atoms. The van der Waals surface area contributed by atoms with Crippen molar-refractivity contribution in [1.82, 2.24) is 9.80 Å². The lowest BCUT2D eigenvalue weighted by Gasteiger charge is -2.26. The Hall–Kier alpha value is -2.02. The van der Waals surface area contributed by atoms with E-state index in [1.54, 1.807) is 28.6 Å². The molecule has 0 saturated carbocycles. The van der Waals surface area contributed by atoms with Gasteiger partial charge in [0.25, 0.3) is 5.91 Å². The van der Waals surface area contributed by atoms with Gasteiger partial charge in [-0.25, -0.2) is 0 Å². The molecule has 0 radical (unpaired) electrons. The first-order valence-corrected chi connectivity index (χ1v) is 9.18. The Morgan fingerprint density at radius 3 is 2.83 bits per heavy atom. The van der Waals surface area contributed by atoms with Crippen LogP contribution in [0.1, 0.15) is 25.0 Å². The second-order valence-corrected chi connectivity index (χ2v) is 6.89. The molecule has 24 heavy (non-hydrogen) atoms. The van der Waals surface area contributed by atoms with Gasteiger partial charge in [0.05, 0.1) is 5.88 Å². The Morgan fingerprint density at radius 2 is 2.12 bits per heavy atom. The number of thioether (sulfide) groups is 1. The van der Waals surface area contributed by atoms with Crippen LogP contribution in [0.25, 0.3) is 0 Å². The zero-order chi connectivity index (χ0) is 17.1. The van der Waals surface area contributed by atoms with E-state index in [4.69, 9.17) is 4.84 Å². The summed E-state index contributed by atoms with van der Waals surface area (Å²) in [5, 5.41) is 3.99. The maximum atomic E-state index is 12.8. The fourth-order valence-corrected chi connectivity index (χ4v) is 3.92. The molecule has 0 N–H and O–H groups in total. The molecule has 0 aliphatic carbocycles. The number of nitrogens with zero attached hydrogens (tertiary/aromatic N) is 3. The van der Waals surface area contributed by atoms with Gasteiger partial charge >= 0.3 is 0 Å². The highest BCUT2D eigenvalue weighted by Gasteiger charge is 2.39. The summed E-state index contributed by atoms with van der Waals surface area (Å²) in [5.41, 5.74) is 1.39. The highest BCUT2D eigenvalue weighted by molar-refractivity contribution is 7.99. The maximum Gasteiger partial charge on any atom is 0.273 e. The Morgan fingerprint density at radius 1 is 1.38 bits per heavy atom. The van der Waals surface area contributed by atoms with Crippen molar-refractivity contribution in [3.05, 3.63) is 35.9 Å². The monoisotopic (exact) mass is 347 g/mol. The van der Waals surface area contributed by atoms with Crippen molar-refractivity contribution >= 4 is 29.3 Å². The fraction of sp³-hybridized carbons (Fsp3) is 0.471. The summed E-state index contributed by atoms with van der Waals surface area (Å²) in [4.78, 5) is 33.9. The second kappa shape index (κ2) is 7.25. The van der Waals surface area contributed by atoms with Gasteiger partial charge in [0, 0.05) is 25.8 Å². The molecule has 2 aliphatic heterocycles. The van der Waals surface area contributed by atoms with Crippen molar-refractivity contribution in [2.45, 2.75) is 25.5 Å². The van der Waals surface area contributed by atoms with Gasteiger partial charge in [0.1, 0.15) is 11.8 Å². The van der Waals surface area contributed by atoms with Crippen molar-refractivity contribution in [3.8, 4) is 0 Å². The van der Waals surface area contributed by atoms with E-state index in [9.17, 15) is 9.59 Å². The van der Waals surface area contributed by atoms with E-state index in [2.05, 4.69) is 5.16 Å². The predicted molar refractivity (Wildman–Crippen MR) is 93.6 cm³/mol. The third-order valence-electron chi connectivity index (χ3n) is 4.37. The minimum absolute atomic E-state index is 0.0185. The van der Waals surface area contributed by atoms with Crippen LogP contribution in [0.4, 0.5) is 0 Å². The smallest absolute Gasteiger partial charge is 0.273 e. The summed E-state index contributed by atoms with van der Waals surface area (Å²) in [6.07, 6.45) is 0.210. The lowest BCUT2D eigenvalue weighted by molar-refractivity contribution is -0.139. The predicted octanol–water partition coefficient (Wildman–Crippen LogP) is 1.88. The molecule has 6 nitrogen and oxygen atoms in total. The van der Waals surface area contributed by atoms with Gasteiger partial charge in [-0.15, -0.1) is 11.8 Å². The van der Waals surface area contributed by atoms with Crippen LogP contribution in [0.3, 0.4) is 0 Å². The van der Waals surface area contributed by atoms with E-state index >= 15 is 0 Å². The third-order valence-corrected chi connectivity index (χ3v) is 5.38. The van der Waals surface area contributed by atoms with Crippen LogP contribution in [-0.2, 0) is 14.4 Å². The number of benzene rings is 1. The molecular formula is C17H21N3O3S. The lowest BCUT2D eigenvalue weighted by atomic mass is 10.0. The lowest BCUT2D eigenvalue weighted by Crippen LogP contribution is -2.49. The first kappa shape index (κ1) is 16.8. The summed E-state index contributed by atoms with van der Waals surface area (Å²) >= 11 is 1.59. The normalized spacial score (nSPS) is 22.9. The number of rotatable bonds is 4. The van der Waals surface area contributed by atoms with Gasteiger partial charge in [-0.05, 0) is 12.5 Å². The molecule has 1 saturated heterocycles. The zero-order valence-electron chi connectivity index (χ0n) is 13.8. The minimum atomic E-state index is -0.411. The van der Waals surface area contributed by atoms with E-state index in [1.807, 2.05) is 37.3 Å². The molecule has 2 atom stereocenters. The highest BCUT2D eigenvalue weighted by atomic mass is 32.2. The fourth-order valence-electron chi connectivity index (χ4n) is 2.77. The Kier molecular flexibility index (Phi) is 5.08. The van der Waals surface area contributed by atoms with Crippen molar-refractivity contribution in [1.29, 1.82) is 0 Å². The number of hydrogen-bond acceptors (Lipinski definition) is 5. The summed E-state index contributed by atoms with van der Waals surface area (Å²) in [6.45, 7) is 2.55. The standard InChI is InChI=1S/C17H21N3O3S/c1-3-19(2)17(22)14-10-24-11-20(14)16(21)13-9-15(23-18-13)12-7-5-4-6-8-12/h4-8,14-15H,3,9-11H2,1-2H3. The van der Waals surface area contributed by atoms with Gasteiger partial charge in [-0.1, -0.05) is 35.5 Å². The van der Waals surface area contributed by atoms with E-state index in [1.165, 1.54) is 0 Å². The molecule has 2 aliphatic rings. The molecule has 1 aromatic carbocycles. The molecule has 2 amide bonds. The van der Waals surface area contributed by atoms with E-state index in [0.717, 1.165) is 5.56 Å². The van der Waals surface area contributed by atoms with Crippen LogP contribution < -0.4 is 0 Å². The van der Waals surface area contributed by atoms with E-state index in [-0.39, 0.29) is 17.9 Å². The molecular weight excluding hydrogens is 326 g/mol. The number of carbonyl (C=O) groups excluding carboxylic acids is 2. The molecule has 1 fully saturated rings. The third kappa shape index (κ3) is 3.26. The Labute approximate surface area is 145 Å². The van der Waals surface area contributed by atoms with Crippen molar-refractivity contribution in [3.63, 3.8) is 0 Å². The minimum Gasteiger partial charge on any atom is -0.387 e. The maximum absolute atomic E-state index is 12.8. The number of likely N-dealkylation sites (N-methyl/N-ethyl adjacent to an activating group) is 1. The number of carbonyl (C=O) groups is 2. The highest BCUT2D eigenvalue weighted by Crippen LogP contribution is 2.29. The van der Waals surface area contributed by atoms with Crippen LogP contribution in [0, 0.1) is 0 Å². The van der Waals surface area contributed by atoms with Gasteiger partial charge in [-0.2, -0.15) is 0 Å². The molecule has 3 rings (SSSR count). The second-order valence-electron chi connectivity index (χ2n) is 5.89. The molecule has 7 heteroatoms. The summed E-state index contributed by atoms with van der Waals surface area (Å²) < 4.78 is 0. The van der Waals surface area contributed by atoms with Crippen LogP contribution in [0.15, 0.2) is 35.5 Å². The average Bonchev–Trinajstić information content (AvgIpc) is 3.30. The van der Waals surface area contributed by atoms with E-state index < -0.39 is 6.04 Å². The molecule has 2 heterocycles. The quantitative estimate of drug-likeness (QED) is 0.834. The van der Waals surface area contributed by atoms with Crippen molar-refractivity contribution in [2.24, 2.45) is 5.16 Å². The van der Waals surface area contributed by atoms with Crippen LogP contribution in [0.2, 0.25) is 0 Å².